The lowest BCUT2D eigenvalue weighted by Gasteiger charge is -2.07. The number of rotatable bonds is 4. The van der Waals surface area contributed by atoms with Crippen molar-refractivity contribution in [3.05, 3.63) is 28.2 Å². The number of thioether (sulfide) groups is 1. The first-order valence-corrected chi connectivity index (χ1v) is 9.70. The van der Waals surface area contributed by atoms with Gasteiger partial charge in [0.2, 0.25) is 5.69 Å². The summed E-state index contributed by atoms with van der Waals surface area (Å²) in [4.78, 5) is 18.8. The van der Waals surface area contributed by atoms with Gasteiger partial charge in [-0.25, -0.2) is 0 Å². The molecule has 15 heavy (non-hydrogen) atoms. The van der Waals surface area contributed by atoms with Crippen LogP contribution in [0.1, 0.15) is 0 Å². The Morgan fingerprint density at radius 3 is 2.60 bits per heavy atom. The average molecular weight is 321 g/mol. The van der Waals surface area contributed by atoms with E-state index in [1.165, 1.54) is 11.8 Å². The SMILES string of the molecule is OP(O)(=S)SCSc1cc(Cl)ccc1Cl. The number of halogens is 2. The van der Waals surface area contributed by atoms with E-state index in [1.807, 2.05) is 0 Å². The molecule has 0 unspecified atom stereocenters. The highest BCUT2D eigenvalue weighted by Gasteiger charge is 2.09. The molecule has 1 aromatic carbocycles. The van der Waals surface area contributed by atoms with Crippen LogP contribution in [0.25, 0.3) is 0 Å². The first-order chi connectivity index (χ1) is 6.88. The van der Waals surface area contributed by atoms with Crippen molar-refractivity contribution in [2.75, 3.05) is 5.08 Å². The monoisotopic (exact) mass is 320 g/mol. The molecule has 0 aliphatic carbocycles. The molecule has 1 rings (SSSR count). The molecule has 8 heteroatoms. The first-order valence-electron chi connectivity index (χ1n) is 3.66. The van der Waals surface area contributed by atoms with Gasteiger partial charge in [0, 0.05) is 9.92 Å². The van der Waals surface area contributed by atoms with Crippen molar-refractivity contribution in [2.45, 2.75) is 4.90 Å². The van der Waals surface area contributed by atoms with Crippen molar-refractivity contribution in [3.8, 4) is 0 Å². The maximum Gasteiger partial charge on any atom is 0.242 e. The molecule has 0 atom stereocenters. The quantitative estimate of drug-likeness (QED) is 0.499. The third kappa shape index (κ3) is 5.80. The highest BCUT2D eigenvalue weighted by molar-refractivity contribution is 8.68. The molecule has 0 fully saturated rings. The number of hydrogen-bond donors (Lipinski definition) is 2. The molecule has 2 nitrogen and oxygen atoms in total. The Morgan fingerprint density at radius 2 is 2.00 bits per heavy atom. The van der Waals surface area contributed by atoms with Gasteiger partial charge in [-0.15, -0.1) is 11.8 Å². The lowest BCUT2D eigenvalue weighted by atomic mass is 10.4. The zero-order chi connectivity index (χ0) is 11.5. The molecule has 0 bridgehead atoms. The Balaban J connectivity index is 2.58. The summed E-state index contributed by atoms with van der Waals surface area (Å²) in [7, 11) is 0. The summed E-state index contributed by atoms with van der Waals surface area (Å²) in [5.74, 6) is 0. The predicted octanol–water partition coefficient (Wildman–Crippen LogP) is 3.99. The number of hydrogen-bond acceptors (Lipinski definition) is 3. The normalized spacial score (nSPS) is 11.7. The minimum atomic E-state index is -3.18. The number of benzene rings is 1. The van der Waals surface area contributed by atoms with E-state index in [-0.39, 0.29) is 0 Å². The standard InChI is InChI=1S/C7H7Cl2O2PS3/c8-5-1-2-6(9)7(3-5)14-4-15-12(10,11)13/h1-3H,4H2,(H2,10,11,13). The van der Waals surface area contributed by atoms with Crippen molar-refractivity contribution >= 4 is 63.8 Å². The van der Waals surface area contributed by atoms with Crippen LogP contribution in [0.3, 0.4) is 0 Å². The smallest absolute Gasteiger partial charge is 0.242 e. The lowest BCUT2D eigenvalue weighted by Crippen LogP contribution is -1.77. The van der Waals surface area contributed by atoms with Gasteiger partial charge in [-0.05, 0) is 30.0 Å². The molecule has 0 heterocycles. The zero-order valence-electron chi connectivity index (χ0n) is 7.26. The zero-order valence-corrected chi connectivity index (χ0v) is 12.1. The van der Waals surface area contributed by atoms with Gasteiger partial charge in [0.25, 0.3) is 0 Å². The fourth-order valence-electron chi connectivity index (χ4n) is 0.746. The van der Waals surface area contributed by atoms with E-state index in [2.05, 4.69) is 11.8 Å². The lowest BCUT2D eigenvalue weighted by molar-refractivity contribution is 0.502. The van der Waals surface area contributed by atoms with Gasteiger partial charge in [-0.3, -0.25) is 0 Å². The van der Waals surface area contributed by atoms with Crippen LogP contribution in [0.15, 0.2) is 23.1 Å². The van der Waals surface area contributed by atoms with Crippen molar-refractivity contribution < 1.29 is 9.79 Å². The van der Waals surface area contributed by atoms with Gasteiger partial charge in [0.15, 0.2) is 0 Å². The molecule has 0 spiro atoms. The second kappa shape index (κ2) is 6.12. The van der Waals surface area contributed by atoms with E-state index in [1.54, 1.807) is 18.2 Å². The third-order valence-electron chi connectivity index (χ3n) is 1.33. The van der Waals surface area contributed by atoms with Gasteiger partial charge in [0.1, 0.15) is 0 Å². The fourth-order valence-corrected chi connectivity index (χ4v) is 5.82. The van der Waals surface area contributed by atoms with Gasteiger partial charge >= 0.3 is 0 Å². The largest absolute Gasteiger partial charge is 0.338 e. The summed E-state index contributed by atoms with van der Waals surface area (Å²) in [6.07, 6.45) is 0. The van der Waals surface area contributed by atoms with Crippen LogP contribution >= 0.6 is 52.0 Å². The van der Waals surface area contributed by atoms with E-state index >= 15 is 0 Å². The fraction of sp³-hybridized carbons (Fsp3) is 0.143. The molecule has 0 aliphatic heterocycles. The van der Waals surface area contributed by atoms with E-state index < -0.39 is 5.69 Å². The minimum absolute atomic E-state index is 0.435. The van der Waals surface area contributed by atoms with Crippen molar-refractivity contribution in [1.82, 2.24) is 0 Å². The second-order valence-corrected chi connectivity index (χ2v) is 10.7. The van der Waals surface area contributed by atoms with Crippen LogP contribution in [0.2, 0.25) is 10.0 Å². The van der Waals surface area contributed by atoms with E-state index in [0.717, 1.165) is 16.3 Å². The van der Waals surface area contributed by atoms with Gasteiger partial charge in [-0.2, -0.15) is 0 Å². The van der Waals surface area contributed by atoms with E-state index in [0.29, 0.717) is 15.1 Å². The maximum absolute atomic E-state index is 8.99. The van der Waals surface area contributed by atoms with Gasteiger partial charge in [-0.1, -0.05) is 34.6 Å². The predicted molar refractivity (Wildman–Crippen MR) is 73.5 cm³/mol. The molecule has 0 saturated carbocycles. The Hall–Kier alpha value is 1.07. The summed E-state index contributed by atoms with van der Waals surface area (Å²) < 4.78 is 0. The average Bonchev–Trinajstić information content (AvgIpc) is 2.09. The molecule has 1 aromatic rings. The van der Waals surface area contributed by atoms with Crippen molar-refractivity contribution in [2.24, 2.45) is 0 Å². The van der Waals surface area contributed by atoms with Gasteiger partial charge < -0.3 is 9.79 Å². The van der Waals surface area contributed by atoms with Crippen molar-refractivity contribution in [1.29, 1.82) is 0 Å². The van der Waals surface area contributed by atoms with Crippen LogP contribution in [-0.4, -0.2) is 14.9 Å². The summed E-state index contributed by atoms with van der Waals surface area (Å²) in [6, 6.07) is 5.13. The van der Waals surface area contributed by atoms with Crippen LogP contribution < -0.4 is 0 Å². The molecule has 0 aliphatic rings. The Morgan fingerprint density at radius 1 is 1.33 bits per heavy atom. The minimum Gasteiger partial charge on any atom is -0.338 e. The molecule has 0 aromatic heterocycles. The molecular weight excluding hydrogens is 314 g/mol. The van der Waals surface area contributed by atoms with Crippen LogP contribution in [0.5, 0.6) is 0 Å². The molecule has 0 radical (unpaired) electrons. The van der Waals surface area contributed by atoms with Crippen LogP contribution in [-0.2, 0) is 11.8 Å². The Labute approximate surface area is 111 Å². The second-order valence-electron chi connectivity index (χ2n) is 2.46. The molecule has 0 amide bonds. The van der Waals surface area contributed by atoms with E-state index in [9.17, 15) is 0 Å². The van der Waals surface area contributed by atoms with E-state index in [4.69, 9.17) is 33.0 Å². The highest BCUT2D eigenvalue weighted by atomic mass is 35.5. The molecule has 84 valence electrons. The molecular formula is C7H7Cl2O2PS3. The van der Waals surface area contributed by atoms with Gasteiger partial charge in [0.05, 0.1) is 10.1 Å². The summed E-state index contributed by atoms with van der Waals surface area (Å²) >= 11 is 18.5. The van der Waals surface area contributed by atoms with Crippen LogP contribution in [0, 0.1) is 0 Å². The van der Waals surface area contributed by atoms with Crippen molar-refractivity contribution in [3.63, 3.8) is 0 Å². The maximum atomic E-state index is 8.99. The highest BCUT2D eigenvalue weighted by Crippen LogP contribution is 2.52. The molecule has 2 N–H and O–H groups in total. The summed E-state index contributed by atoms with van der Waals surface area (Å²) in [5.41, 5.74) is -3.18. The molecule has 0 saturated heterocycles. The summed E-state index contributed by atoms with van der Waals surface area (Å²) in [6.45, 7) is 0. The first kappa shape index (κ1) is 14.1. The Bertz CT molecular complexity index is 396. The topological polar surface area (TPSA) is 40.5 Å². The Kier molecular flexibility index (Phi) is 5.77. The third-order valence-corrected chi connectivity index (χ3v) is 6.79. The van der Waals surface area contributed by atoms with Crippen LogP contribution in [0.4, 0.5) is 0 Å². The summed E-state index contributed by atoms with van der Waals surface area (Å²) in [5, 5.41) is 1.62.